The number of rotatable bonds is 4. The molecule has 1 unspecified atom stereocenters. The average Bonchev–Trinajstić information content (AvgIpc) is 2.39. The van der Waals surface area contributed by atoms with Crippen molar-refractivity contribution in [2.75, 3.05) is 25.1 Å². The van der Waals surface area contributed by atoms with Crippen LogP contribution in [0.15, 0.2) is 18.2 Å². The van der Waals surface area contributed by atoms with Gasteiger partial charge in [0, 0.05) is 26.1 Å². The Hall–Kier alpha value is -0.800. The predicted molar refractivity (Wildman–Crippen MR) is 72.8 cm³/mol. The maximum Gasteiger partial charge on any atom is 0.146 e. The standard InChI is InChI=1S/C14H19ClFNO/c1-17(10-12-4-2-3-7-18-12)14-6-5-11(9-15)8-13(14)16/h5-6,8,12H,2-4,7,9-10H2,1H3. The summed E-state index contributed by atoms with van der Waals surface area (Å²) in [5.41, 5.74) is 1.42. The molecular weight excluding hydrogens is 253 g/mol. The van der Waals surface area contributed by atoms with Crippen molar-refractivity contribution in [1.82, 2.24) is 0 Å². The smallest absolute Gasteiger partial charge is 0.146 e. The summed E-state index contributed by atoms with van der Waals surface area (Å²) in [6, 6.07) is 5.15. The van der Waals surface area contributed by atoms with Crippen LogP contribution in [0.4, 0.5) is 10.1 Å². The summed E-state index contributed by atoms with van der Waals surface area (Å²) in [7, 11) is 1.90. The van der Waals surface area contributed by atoms with E-state index in [4.69, 9.17) is 16.3 Å². The zero-order valence-electron chi connectivity index (χ0n) is 10.7. The van der Waals surface area contributed by atoms with Gasteiger partial charge in [0.15, 0.2) is 0 Å². The fourth-order valence-electron chi connectivity index (χ4n) is 2.30. The molecule has 1 aromatic rings. The van der Waals surface area contributed by atoms with Crippen LogP contribution in [-0.2, 0) is 10.6 Å². The zero-order valence-corrected chi connectivity index (χ0v) is 11.4. The first-order chi connectivity index (χ1) is 8.70. The van der Waals surface area contributed by atoms with E-state index in [0.29, 0.717) is 11.6 Å². The maximum atomic E-state index is 13.9. The lowest BCUT2D eigenvalue weighted by atomic mass is 10.1. The summed E-state index contributed by atoms with van der Waals surface area (Å²) in [5, 5.41) is 0. The predicted octanol–water partition coefficient (Wildman–Crippen LogP) is 3.57. The third-order valence-corrected chi connectivity index (χ3v) is 3.64. The highest BCUT2D eigenvalue weighted by atomic mass is 35.5. The fraction of sp³-hybridized carbons (Fsp3) is 0.571. The molecule has 1 saturated heterocycles. The van der Waals surface area contributed by atoms with E-state index in [1.165, 1.54) is 12.5 Å². The highest BCUT2D eigenvalue weighted by molar-refractivity contribution is 6.17. The van der Waals surface area contributed by atoms with Gasteiger partial charge in [-0.25, -0.2) is 4.39 Å². The van der Waals surface area contributed by atoms with E-state index >= 15 is 0 Å². The van der Waals surface area contributed by atoms with Gasteiger partial charge in [-0.3, -0.25) is 0 Å². The molecule has 1 atom stereocenters. The molecule has 1 heterocycles. The minimum atomic E-state index is -0.216. The van der Waals surface area contributed by atoms with Gasteiger partial charge in [-0.05, 0) is 37.0 Å². The number of likely N-dealkylation sites (N-methyl/N-ethyl adjacent to an activating group) is 1. The second kappa shape index (κ2) is 6.39. The Morgan fingerprint density at radius 3 is 2.89 bits per heavy atom. The van der Waals surface area contributed by atoms with Crippen LogP contribution in [0.1, 0.15) is 24.8 Å². The van der Waals surface area contributed by atoms with Crippen molar-refractivity contribution in [1.29, 1.82) is 0 Å². The van der Waals surface area contributed by atoms with Crippen molar-refractivity contribution in [2.45, 2.75) is 31.2 Å². The number of alkyl halides is 1. The highest BCUT2D eigenvalue weighted by Crippen LogP contribution is 2.22. The summed E-state index contributed by atoms with van der Waals surface area (Å²) in [5.74, 6) is 0.124. The van der Waals surface area contributed by atoms with E-state index in [-0.39, 0.29) is 11.9 Å². The number of hydrogen-bond acceptors (Lipinski definition) is 2. The molecule has 2 rings (SSSR count). The van der Waals surface area contributed by atoms with Gasteiger partial charge in [0.2, 0.25) is 0 Å². The molecule has 18 heavy (non-hydrogen) atoms. The second-order valence-corrected chi connectivity index (χ2v) is 5.06. The third kappa shape index (κ3) is 3.36. The minimum Gasteiger partial charge on any atom is -0.376 e. The van der Waals surface area contributed by atoms with Crippen molar-refractivity contribution in [3.63, 3.8) is 0 Å². The Labute approximate surface area is 113 Å². The summed E-state index contributed by atoms with van der Waals surface area (Å²) in [6.45, 7) is 1.56. The number of ether oxygens (including phenoxy) is 1. The summed E-state index contributed by atoms with van der Waals surface area (Å²) in [6.07, 6.45) is 3.62. The Balaban J connectivity index is 2.01. The van der Waals surface area contributed by atoms with Crippen molar-refractivity contribution >= 4 is 17.3 Å². The van der Waals surface area contributed by atoms with Gasteiger partial charge in [-0.2, -0.15) is 0 Å². The molecule has 0 amide bonds. The Bertz CT molecular complexity index is 393. The Kier molecular flexibility index (Phi) is 4.84. The quantitative estimate of drug-likeness (QED) is 0.777. The maximum absolute atomic E-state index is 13.9. The Morgan fingerprint density at radius 2 is 2.28 bits per heavy atom. The van der Waals surface area contributed by atoms with Gasteiger partial charge in [-0.15, -0.1) is 11.6 Å². The van der Waals surface area contributed by atoms with Crippen LogP contribution in [0.2, 0.25) is 0 Å². The first-order valence-electron chi connectivity index (χ1n) is 6.38. The number of nitrogens with zero attached hydrogens (tertiary/aromatic N) is 1. The van der Waals surface area contributed by atoms with Gasteiger partial charge in [0.1, 0.15) is 5.82 Å². The van der Waals surface area contributed by atoms with E-state index < -0.39 is 0 Å². The molecule has 0 saturated carbocycles. The van der Waals surface area contributed by atoms with Crippen LogP contribution in [0.25, 0.3) is 0 Å². The van der Waals surface area contributed by atoms with Crippen LogP contribution in [0.3, 0.4) is 0 Å². The van der Waals surface area contributed by atoms with E-state index in [2.05, 4.69) is 0 Å². The lowest BCUT2D eigenvalue weighted by Crippen LogP contribution is -2.33. The fourth-order valence-corrected chi connectivity index (χ4v) is 2.46. The number of anilines is 1. The van der Waals surface area contributed by atoms with Gasteiger partial charge >= 0.3 is 0 Å². The molecule has 1 aliphatic rings. The van der Waals surface area contributed by atoms with E-state index in [0.717, 1.165) is 31.6 Å². The van der Waals surface area contributed by atoms with Gasteiger partial charge in [0.05, 0.1) is 11.8 Å². The van der Waals surface area contributed by atoms with Crippen LogP contribution >= 0.6 is 11.6 Å². The molecule has 0 aromatic heterocycles. The molecular formula is C14H19ClFNO. The van der Waals surface area contributed by atoms with E-state index in [9.17, 15) is 4.39 Å². The molecule has 0 spiro atoms. The Morgan fingerprint density at radius 1 is 1.44 bits per heavy atom. The van der Waals surface area contributed by atoms with E-state index in [1.807, 2.05) is 18.0 Å². The monoisotopic (exact) mass is 271 g/mol. The third-order valence-electron chi connectivity index (χ3n) is 3.33. The SMILES string of the molecule is CN(CC1CCCCO1)c1ccc(CCl)cc1F. The van der Waals surface area contributed by atoms with Crippen LogP contribution in [-0.4, -0.2) is 26.3 Å². The lowest BCUT2D eigenvalue weighted by Gasteiger charge is -2.28. The topological polar surface area (TPSA) is 12.5 Å². The highest BCUT2D eigenvalue weighted by Gasteiger charge is 2.17. The van der Waals surface area contributed by atoms with Crippen molar-refractivity contribution in [2.24, 2.45) is 0 Å². The first-order valence-corrected chi connectivity index (χ1v) is 6.91. The molecule has 1 aliphatic heterocycles. The number of benzene rings is 1. The van der Waals surface area contributed by atoms with Crippen LogP contribution in [0, 0.1) is 5.82 Å². The van der Waals surface area contributed by atoms with Crippen molar-refractivity contribution in [3.05, 3.63) is 29.6 Å². The molecule has 1 aromatic carbocycles. The minimum absolute atomic E-state index is 0.216. The van der Waals surface area contributed by atoms with Crippen molar-refractivity contribution in [3.8, 4) is 0 Å². The normalized spacial score (nSPS) is 19.8. The summed E-state index contributed by atoms with van der Waals surface area (Å²) < 4.78 is 19.6. The molecule has 0 N–H and O–H groups in total. The van der Waals surface area contributed by atoms with E-state index in [1.54, 1.807) is 6.07 Å². The molecule has 1 fully saturated rings. The van der Waals surface area contributed by atoms with Crippen LogP contribution in [0.5, 0.6) is 0 Å². The molecule has 0 radical (unpaired) electrons. The average molecular weight is 272 g/mol. The van der Waals surface area contributed by atoms with Crippen LogP contribution < -0.4 is 4.90 Å². The van der Waals surface area contributed by atoms with Gasteiger partial charge in [-0.1, -0.05) is 6.07 Å². The summed E-state index contributed by atoms with van der Waals surface area (Å²) in [4.78, 5) is 1.92. The zero-order chi connectivity index (χ0) is 13.0. The largest absolute Gasteiger partial charge is 0.376 e. The molecule has 4 heteroatoms. The summed E-state index contributed by atoms with van der Waals surface area (Å²) >= 11 is 5.69. The van der Waals surface area contributed by atoms with Crippen molar-refractivity contribution < 1.29 is 9.13 Å². The lowest BCUT2D eigenvalue weighted by molar-refractivity contribution is 0.0215. The number of halogens is 2. The van der Waals surface area contributed by atoms with Gasteiger partial charge in [0.25, 0.3) is 0 Å². The second-order valence-electron chi connectivity index (χ2n) is 4.79. The molecule has 0 aliphatic carbocycles. The molecule has 100 valence electrons. The number of hydrogen-bond donors (Lipinski definition) is 0. The molecule has 0 bridgehead atoms. The first kappa shape index (κ1) is 13.6. The van der Waals surface area contributed by atoms with Gasteiger partial charge < -0.3 is 9.64 Å². The molecule has 2 nitrogen and oxygen atoms in total.